The summed E-state index contributed by atoms with van der Waals surface area (Å²) in [4.78, 5) is 7.02. The molecule has 162 valence electrons. The van der Waals surface area contributed by atoms with Crippen molar-refractivity contribution >= 4 is 45.6 Å². The standard InChI is InChI=1S/C19H35N5O2S.HI/c1-7-20-19(21-12-13-24(15(2)3)16(4)5)22-14-17-10-8-9-11-18(17)23-27(6,25)26;/h8-11,15-16,23H,7,12-14H2,1-6H3,(H2,20,21,22);1H. The minimum atomic E-state index is -3.32. The van der Waals surface area contributed by atoms with Gasteiger partial charge in [-0.05, 0) is 46.2 Å². The van der Waals surface area contributed by atoms with Gasteiger partial charge in [-0.2, -0.15) is 0 Å². The molecule has 28 heavy (non-hydrogen) atoms. The highest BCUT2D eigenvalue weighted by atomic mass is 127. The van der Waals surface area contributed by atoms with Gasteiger partial charge in [-0.25, -0.2) is 13.4 Å². The van der Waals surface area contributed by atoms with Crippen LogP contribution in [0.4, 0.5) is 5.69 Å². The number of rotatable bonds is 10. The van der Waals surface area contributed by atoms with Gasteiger partial charge in [-0.15, -0.1) is 24.0 Å². The molecule has 3 N–H and O–H groups in total. The molecule has 0 spiro atoms. The van der Waals surface area contributed by atoms with Crippen LogP contribution in [0.2, 0.25) is 0 Å². The number of aliphatic imine (C=N–C) groups is 1. The number of nitrogens with one attached hydrogen (secondary N) is 3. The molecule has 1 rings (SSSR count). The third-order valence-corrected chi connectivity index (χ3v) is 4.64. The number of hydrogen-bond acceptors (Lipinski definition) is 4. The molecule has 0 bridgehead atoms. The van der Waals surface area contributed by atoms with Crippen molar-refractivity contribution in [1.29, 1.82) is 0 Å². The summed E-state index contributed by atoms with van der Waals surface area (Å²) in [6.45, 7) is 13.7. The van der Waals surface area contributed by atoms with Crippen LogP contribution in [0.5, 0.6) is 0 Å². The van der Waals surface area contributed by atoms with Crippen molar-refractivity contribution in [3.05, 3.63) is 29.8 Å². The second kappa shape index (κ2) is 13.2. The number of hydrogen-bond donors (Lipinski definition) is 3. The Labute approximate surface area is 187 Å². The van der Waals surface area contributed by atoms with Gasteiger partial charge in [-0.1, -0.05) is 18.2 Å². The number of benzene rings is 1. The monoisotopic (exact) mass is 525 g/mol. The summed E-state index contributed by atoms with van der Waals surface area (Å²) in [5.74, 6) is 0.721. The summed E-state index contributed by atoms with van der Waals surface area (Å²) < 4.78 is 25.6. The van der Waals surface area contributed by atoms with E-state index < -0.39 is 10.0 Å². The van der Waals surface area contributed by atoms with Crippen molar-refractivity contribution in [2.75, 3.05) is 30.6 Å². The number of para-hydroxylation sites is 1. The van der Waals surface area contributed by atoms with E-state index in [4.69, 9.17) is 0 Å². The molecule has 0 amide bonds. The minimum absolute atomic E-state index is 0. The van der Waals surface area contributed by atoms with Gasteiger partial charge in [0, 0.05) is 31.7 Å². The Bertz CT molecular complexity index is 700. The van der Waals surface area contributed by atoms with Crippen LogP contribution in [0.3, 0.4) is 0 Å². The van der Waals surface area contributed by atoms with Gasteiger partial charge in [0.05, 0.1) is 18.5 Å². The quantitative estimate of drug-likeness (QED) is 0.249. The number of halogens is 1. The Morgan fingerprint density at radius 2 is 1.71 bits per heavy atom. The van der Waals surface area contributed by atoms with Crippen LogP contribution in [-0.4, -0.2) is 57.3 Å². The molecule has 9 heteroatoms. The smallest absolute Gasteiger partial charge is 0.229 e. The fraction of sp³-hybridized carbons (Fsp3) is 0.632. The zero-order chi connectivity index (χ0) is 20.4. The van der Waals surface area contributed by atoms with Crippen molar-refractivity contribution in [1.82, 2.24) is 15.5 Å². The zero-order valence-corrected chi connectivity index (χ0v) is 21.0. The molecule has 0 aliphatic rings. The predicted octanol–water partition coefficient (Wildman–Crippen LogP) is 2.85. The van der Waals surface area contributed by atoms with Crippen LogP contribution < -0.4 is 15.4 Å². The Balaban J connectivity index is 0.00000729. The minimum Gasteiger partial charge on any atom is -0.357 e. The highest BCUT2D eigenvalue weighted by Crippen LogP contribution is 2.17. The van der Waals surface area contributed by atoms with Gasteiger partial charge in [0.15, 0.2) is 5.96 Å². The predicted molar refractivity (Wildman–Crippen MR) is 130 cm³/mol. The fourth-order valence-electron chi connectivity index (χ4n) is 2.88. The van der Waals surface area contributed by atoms with Crippen molar-refractivity contribution < 1.29 is 8.42 Å². The molecular weight excluding hydrogens is 489 g/mol. The molecule has 0 aliphatic carbocycles. The molecule has 0 atom stereocenters. The maximum Gasteiger partial charge on any atom is 0.229 e. The first-order chi connectivity index (χ1) is 12.6. The number of nitrogens with zero attached hydrogens (tertiary/aromatic N) is 2. The molecule has 0 heterocycles. The highest BCUT2D eigenvalue weighted by Gasteiger charge is 2.13. The molecule has 0 fully saturated rings. The zero-order valence-electron chi connectivity index (χ0n) is 17.8. The maximum absolute atomic E-state index is 11.5. The molecule has 0 aliphatic heterocycles. The fourth-order valence-corrected chi connectivity index (χ4v) is 3.48. The summed E-state index contributed by atoms with van der Waals surface area (Å²) in [5, 5.41) is 6.59. The van der Waals surface area contributed by atoms with E-state index in [1.807, 2.05) is 19.1 Å². The Morgan fingerprint density at radius 3 is 2.25 bits per heavy atom. The number of anilines is 1. The maximum atomic E-state index is 11.5. The van der Waals surface area contributed by atoms with Crippen molar-refractivity contribution in [3.8, 4) is 0 Å². The lowest BCUT2D eigenvalue weighted by atomic mass is 10.2. The Hall–Kier alpha value is -1.07. The van der Waals surface area contributed by atoms with Gasteiger partial charge >= 0.3 is 0 Å². The molecule has 0 unspecified atom stereocenters. The Kier molecular flexibility index (Phi) is 12.7. The lowest BCUT2D eigenvalue weighted by molar-refractivity contribution is 0.178. The van der Waals surface area contributed by atoms with E-state index in [1.165, 1.54) is 0 Å². The molecular formula is C19H36IN5O2S. The van der Waals surface area contributed by atoms with Gasteiger partial charge < -0.3 is 10.6 Å². The molecule has 0 radical (unpaired) electrons. The number of sulfonamides is 1. The average molecular weight is 526 g/mol. The molecule has 0 aromatic heterocycles. The molecule has 1 aromatic carbocycles. The summed E-state index contributed by atoms with van der Waals surface area (Å²) in [5.41, 5.74) is 1.39. The van der Waals surface area contributed by atoms with Crippen LogP contribution in [-0.2, 0) is 16.6 Å². The lowest BCUT2D eigenvalue weighted by Gasteiger charge is -2.30. The molecule has 0 saturated heterocycles. The van der Waals surface area contributed by atoms with E-state index in [0.29, 0.717) is 24.3 Å². The van der Waals surface area contributed by atoms with E-state index in [0.717, 1.165) is 37.4 Å². The van der Waals surface area contributed by atoms with Crippen LogP contribution in [0.15, 0.2) is 29.3 Å². The largest absolute Gasteiger partial charge is 0.357 e. The van der Waals surface area contributed by atoms with E-state index in [9.17, 15) is 8.42 Å². The Morgan fingerprint density at radius 1 is 1.11 bits per heavy atom. The summed E-state index contributed by atoms with van der Waals surface area (Å²) in [6.07, 6.45) is 1.15. The summed E-state index contributed by atoms with van der Waals surface area (Å²) in [6, 6.07) is 8.27. The van der Waals surface area contributed by atoms with Crippen molar-refractivity contribution in [3.63, 3.8) is 0 Å². The average Bonchev–Trinajstić information content (AvgIpc) is 2.55. The normalized spacial score (nSPS) is 12.2. The third kappa shape index (κ3) is 10.5. The van der Waals surface area contributed by atoms with Gasteiger partial charge in [0.25, 0.3) is 0 Å². The lowest BCUT2D eigenvalue weighted by Crippen LogP contribution is -2.45. The molecule has 7 nitrogen and oxygen atoms in total. The SMILES string of the molecule is CCNC(=NCc1ccccc1NS(C)(=O)=O)NCCN(C(C)C)C(C)C.I. The van der Waals surface area contributed by atoms with E-state index in [-0.39, 0.29) is 24.0 Å². The highest BCUT2D eigenvalue weighted by molar-refractivity contribution is 14.0. The first-order valence-electron chi connectivity index (χ1n) is 9.47. The van der Waals surface area contributed by atoms with Gasteiger partial charge in [0.1, 0.15) is 0 Å². The summed E-state index contributed by atoms with van der Waals surface area (Å²) >= 11 is 0. The second-order valence-corrected chi connectivity index (χ2v) is 8.83. The first-order valence-corrected chi connectivity index (χ1v) is 11.4. The van der Waals surface area contributed by atoms with Gasteiger partial charge in [0.2, 0.25) is 10.0 Å². The van der Waals surface area contributed by atoms with Crippen LogP contribution in [0.1, 0.15) is 40.2 Å². The summed E-state index contributed by atoms with van der Waals surface area (Å²) in [7, 11) is -3.32. The van der Waals surface area contributed by atoms with Crippen molar-refractivity contribution in [2.45, 2.75) is 53.2 Å². The van der Waals surface area contributed by atoms with Crippen molar-refractivity contribution in [2.24, 2.45) is 4.99 Å². The molecule has 0 saturated carbocycles. The van der Waals surface area contributed by atoms with E-state index >= 15 is 0 Å². The van der Waals surface area contributed by atoms with Crippen LogP contribution in [0.25, 0.3) is 0 Å². The van der Waals surface area contributed by atoms with E-state index in [2.05, 4.69) is 52.9 Å². The number of guanidine groups is 1. The van der Waals surface area contributed by atoms with E-state index in [1.54, 1.807) is 12.1 Å². The second-order valence-electron chi connectivity index (χ2n) is 7.08. The molecule has 1 aromatic rings. The topological polar surface area (TPSA) is 85.8 Å². The van der Waals surface area contributed by atoms with Crippen LogP contribution >= 0.6 is 24.0 Å². The third-order valence-electron chi connectivity index (χ3n) is 4.05. The van der Waals surface area contributed by atoms with Crippen LogP contribution in [0, 0.1) is 0 Å². The van der Waals surface area contributed by atoms with Gasteiger partial charge in [-0.3, -0.25) is 9.62 Å². The first kappa shape index (κ1) is 26.9.